The molecule has 3 N–H and O–H groups in total. The molecule has 1 heterocycles. The van der Waals surface area contributed by atoms with Crippen LogP contribution in [0.25, 0.3) is 0 Å². The number of hydrogen-bond donors (Lipinski definition) is 3. The minimum Gasteiger partial charge on any atom is -0.478 e. The van der Waals surface area contributed by atoms with Crippen LogP contribution in [0.5, 0.6) is 0 Å². The Kier molecular flexibility index (Phi) is 3.71. The summed E-state index contributed by atoms with van der Waals surface area (Å²) in [6, 6.07) is 4.21. The van der Waals surface area contributed by atoms with Crippen molar-refractivity contribution in [3.8, 4) is 0 Å². The molecule has 0 saturated carbocycles. The fraction of sp³-hybridized carbons (Fsp3) is 0.0909. The molecule has 0 atom stereocenters. The highest BCUT2D eigenvalue weighted by molar-refractivity contribution is 7.10. The minimum atomic E-state index is -1.10. The third-order valence-electron chi connectivity index (χ3n) is 2.25. The van der Waals surface area contributed by atoms with Crippen LogP contribution in [0.1, 0.15) is 15.9 Å². The molecule has 0 bridgehead atoms. The van der Waals surface area contributed by atoms with Crippen molar-refractivity contribution in [2.75, 3.05) is 10.6 Å². The lowest BCUT2D eigenvalue weighted by Gasteiger charge is -2.09. The van der Waals surface area contributed by atoms with Crippen molar-refractivity contribution in [1.29, 1.82) is 0 Å². The summed E-state index contributed by atoms with van der Waals surface area (Å²) >= 11 is 1.03. The maximum Gasteiger partial charge on any atom is 0.337 e. The molecule has 0 aliphatic heterocycles. The predicted octanol–water partition coefficient (Wildman–Crippen LogP) is 2.19. The van der Waals surface area contributed by atoms with Crippen LogP contribution in [0.2, 0.25) is 0 Å². The van der Waals surface area contributed by atoms with E-state index in [1.54, 1.807) is 19.1 Å². The zero-order chi connectivity index (χ0) is 13.8. The molecule has 8 heteroatoms. The molecule has 7 nitrogen and oxygen atoms in total. The van der Waals surface area contributed by atoms with E-state index >= 15 is 0 Å². The van der Waals surface area contributed by atoms with Gasteiger partial charge in [-0.05, 0) is 19.1 Å². The number of aryl methyl sites for hydroxylation is 1. The zero-order valence-electron chi connectivity index (χ0n) is 9.88. The number of carboxylic acids is 1. The normalized spacial score (nSPS) is 9.95. The quantitative estimate of drug-likeness (QED) is 0.798. The molecule has 0 unspecified atom stereocenters. The van der Waals surface area contributed by atoms with E-state index in [1.807, 2.05) is 0 Å². The predicted molar refractivity (Wildman–Crippen MR) is 70.7 cm³/mol. The fourth-order valence-corrected chi connectivity index (χ4v) is 1.85. The molecule has 19 heavy (non-hydrogen) atoms. The van der Waals surface area contributed by atoms with Crippen LogP contribution < -0.4 is 10.6 Å². The van der Waals surface area contributed by atoms with E-state index < -0.39 is 12.0 Å². The van der Waals surface area contributed by atoms with E-state index in [0.717, 1.165) is 17.1 Å². The number of nitrogens with one attached hydrogen (secondary N) is 2. The van der Waals surface area contributed by atoms with E-state index in [0.29, 0.717) is 5.00 Å². The maximum atomic E-state index is 11.7. The molecule has 2 aromatic rings. The van der Waals surface area contributed by atoms with Gasteiger partial charge in [0.15, 0.2) is 0 Å². The number of carbonyl (C=O) groups excluding carboxylic acids is 1. The highest BCUT2D eigenvalue weighted by Crippen LogP contribution is 2.18. The molecule has 1 aromatic heterocycles. The number of anilines is 2. The smallest absolute Gasteiger partial charge is 0.337 e. The van der Waals surface area contributed by atoms with Crippen LogP contribution in [0.15, 0.2) is 24.4 Å². The third kappa shape index (κ3) is 3.26. The van der Waals surface area contributed by atoms with Gasteiger partial charge in [-0.2, -0.15) is 0 Å². The van der Waals surface area contributed by atoms with Gasteiger partial charge in [0.2, 0.25) is 0 Å². The highest BCUT2D eigenvalue weighted by Gasteiger charge is 2.13. The van der Waals surface area contributed by atoms with Crippen LogP contribution >= 0.6 is 11.5 Å². The maximum absolute atomic E-state index is 11.7. The van der Waals surface area contributed by atoms with E-state index in [9.17, 15) is 9.59 Å². The van der Waals surface area contributed by atoms with Gasteiger partial charge >= 0.3 is 12.0 Å². The average molecular weight is 278 g/mol. The first-order chi connectivity index (χ1) is 9.06. The Labute approximate surface area is 112 Å². The first-order valence-corrected chi connectivity index (χ1v) is 6.03. The number of nitrogens with zero attached hydrogens (tertiary/aromatic N) is 2. The van der Waals surface area contributed by atoms with E-state index in [-0.39, 0.29) is 11.3 Å². The van der Waals surface area contributed by atoms with Gasteiger partial charge in [-0.25, -0.2) is 9.59 Å². The first-order valence-electron chi connectivity index (χ1n) is 5.25. The number of carbonyl (C=O) groups is 2. The molecule has 2 amide bonds. The Hall–Kier alpha value is -2.48. The van der Waals surface area contributed by atoms with E-state index in [1.165, 1.54) is 12.3 Å². The molecule has 0 aliphatic rings. The van der Waals surface area contributed by atoms with Gasteiger partial charge in [-0.3, -0.25) is 5.32 Å². The van der Waals surface area contributed by atoms with Gasteiger partial charge in [0, 0.05) is 11.5 Å². The van der Waals surface area contributed by atoms with Gasteiger partial charge in [-0.1, -0.05) is 16.1 Å². The lowest BCUT2D eigenvalue weighted by Crippen LogP contribution is -2.20. The standard InChI is InChI=1S/C11H10N4O3S/c1-6-2-3-8(7(4-6)10(16)17)13-11(18)14-9-5-12-15-19-9/h2-5H,1H3,(H,16,17)(H2,13,14,18). The molecule has 1 aromatic carbocycles. The van der Waals surface area contributed by atoms with E-state index in [2.05, 4.69) is 20.2 Å². The van der Waals surface area contributed by atoms with Gasteiger partial charge in [-0.15, -0.1) is 5.10 Å². The third-order valence-corrected chi connectivity index (χ3v) is 2.83. The molecule has 2 rings (SSSR count). The van der Waals surface area contributed by atoms with Crippen LogP contribution in [0, 0.1) is 6.92 Å². The summed E-state index contributed by atoms with van der Waals surface area (Å²) in [4.78, 5) is 22.8. The van der Waals surface area contributed by atoms with Crippen LogP contribution in [0.4, 0.5) is 15.5 Å². The highest BCUT2D eigenvalue weighted by atomic mass is 32.1. The second kappa shape index (κ2) is 5.44. The number of rotatable bonds is 3. The molecule has 98 valence electrons. The molecular formula is C11H10N4O3S. The number of carboxylic acid groups (broad SMARTS) is 1. The summed E-state index contributed by atoms with van der Waals surface area (Å²) in [5, 5.41) is 18.1. The number of urea groups is 1. The van der Waals surface area contributed by atoms with Crippen LogP contribution in [-0.2, 0) is 0 Å². The van der Waals surface area contributed by atoms with Crippen molar-refractivity contribution in [3.63, 3.8) is 0 Å². The summed E-state index contributed by atoms with van der Waals surface area (Å²) in [5.74, 6) is -1.10. The summed E-state index contributed by atoms with van der Waals surface area (Å²) < 4.78 is 3.59. The van der Waals surface area contributed by atoms with Crippen molar-refractivity contribution in [2.45, 2.75) is 6.92 Å². The number of benzene rings is 1. The van der Waals surface area contributed by atoms with Crippen molar-refractivity contribution in [3.05, 3.63) is 35.5 Å². The summed E-state index contributed by atoms with van der Waals surface area (Å²) in [6.45, 7) is 1.78. The topological polar surface area (TPSA) is 104 Å². The Morgan fingerprint density at radius 3 is 2.74 bits per heavy atom. The molecule has 0 spiro atoms. The Morgan fingerprint density at radius 2 is 2.11 bits per heavy atom. The fourth-order valence-electron chi connectivity index (χ4n) is 1.43. The second-order valence-corrected chi connectivity index (χ2v) is 4.50. The SMILES string of the molecule is Cc1ccc(NC(=O)Nc2cnns2)c(C(=O)O)c1. The Bertz CT molecular complexity index is 612. The van der Waals surface area contributed by atoms with Gasteiger partial charge in [0.25, 0.3) is 0 Å². The summed E-state index contributed by atoms with van der Waals surface area (Å²) in [5.41, 5.74) is 1.07. The lowest BCUT2D eigenvalue weighted by molar-refractivity contribution is 0.0698. The average Bonchev–Trinajstić information content (AvgIpc) is 2.83. The monoisotopic (exact) mass is 278 g/mol. The van der Waals surface area contributed by atoms with Crippen molar-refractivity contribution >= 4 is 34.2 Å². The molecule has 0 saturated heterocycles. The number of hydrogen-bond acceptors (Lipinski definition) is 5. The molecule has 0 radical (unpaired) electrons. The van der Waals surface area contributed by atoms with Crippen molar-refractivity contribution < 1.29 is 14.7 Å². The summed E-state index contributed by atoms with van der Waals surface area (Å²) in [7, 11) is 0. The second-order valence-electron chi connectivity index (χ2n) is 3.72. The molecular weight excluding hydrogens is 268 g/mol. The lowest BCUT2D eigenvalue weighted by atomic mass is 10.1. The first kappa shape index (κ1) is 13.0. The van der Waals surface area contributed by atoms with Gasteiger partial charge < -0.3 is 10.4 Å². The summed E-state index contributed by atoms with van der Waals surface area (Å²) in [6.07, 6.45) is 1.40. The van der Waals surface area contributed by atoms with Crippen molar-refractivity contribution in [1.82, 2.24) is 9.59 Å². The van der Waals surface area contributed by atoms with E-state index in [4.69, 9.17) is 5.11 Å². The van der Waals surface area contributed by atoms with Crippen LogP contribution in [0.3, 0.4) is 0 Å². The van der Waals surface area contributed by atoms with Gasteiger partial charge in [0.05, 0.1) is 17.4 Å². The zero-order valence-corrected chi connectivity index (χ0v) is 10.7. The minimum absolute atomic E-state index is 0.0394. The largest absolute Gasteiger partial charge is 0.478 e. The number of aromatic nitrogens is 2. The Morgan fingerprint density at radius 1 is 1.32 bits per heavy atom. The Balaban J connectivity index is 2.14. The van der Waals surface area contributed by atoms with Crippen LogP contribution in [-0.4, -0.2) is 26.7 Å². The number of amides is 2. The van der Waals surface area contributed by atoms with Gasteiger partial charge in [0.1, 0.15) is 5.00 Å². The molecule has 0 fully saturated rings. The molecule has 0 aliphatic carbocycles. The van der Waals surface area contributed by atoms with Crippen molar-refractivity contribution in [2.24, 2.45) is 0 Å². The number of aromatic carboxylic acids is 1.